The standard InChI is InChI=1S/C8H7O2.CH4O/c9-7-10-6-8-4-2-1-3-5-8;1-2/h1-5H,6H2;2H,1H3. The average Bonchev–Trinajstić information content (AvgIpc) is 2.19. The Balaban J connectivity index is 0.000000561. The van der Waals surface area contributed by atoms with E-state index in [9.17, 15) is 4.79 Å². The van der Waals surface area contributed by atoms with Crippen LogP contribution in [-0.4, -0.2) is 18.7 Å². The molecule has 0 saturated carbocycles. The number of benzene rings is 1. The molecule has 0 fully saturated rings. The molecule has 0 spiro atoms. The lowest BCUT2D eigenvalue weighted by molar-refractivity contribution is 0.267. The molecule has 1 rings (SSSR count). The molecule has 0 unspecified atom stereocenters. The van der Waals surface area contributed by atoms with Crippen molar-refractivity contribution < 1.29 is 14.6 Å². The average molecular weight is 167 g/mol. The maximum absolute atomic E-state index is 9.63. The summed E-state index contributed by atoms with van der Waals surface area (Å²) in [6, 6.07) is 9.47. The van der Waals surface area contributed by atoms with Crippen LogP contribution in [0, 0.1) is 0 Å². The highest BCUT2D eigenvalue weighted by Gasteiger charge is 1.88. The van der Waals surface area contributed by atoms with Gasteiger partial charge < -0.3 is 9.84 Å². The van der Waals surface area contributed by atoms with Gasteiger partial charge in [0.1, 0.15) is 6.61 Å². The van der Waals surface area contributed by atoms with Gasteiger partial charge in [-0.25, -0.2) is 4.79 Å². The molecule has 65 valence electrons. The molecule has 3 heteroatoms. The number of rotatable bonds is 3. The molecule has 0 aliphatic rings. The van der Waals surface area contributed by atoms with E-state index in [1.807, 2.05) is 30.3 Å². The zero-order valence-electron chi connectivity index (χ0n) is 6.86. The monoisotopic (exact) mass is 167 g/mol. The lowest BCUT2D eigenvalue weighted by Gasteiger charge is -1.95. The van der Waals surface area contributed by atoms with Crippen molar-refractivity contribution in [2.24, 2.45) is 0 Å². The van der Waals surface area contributed by atoms with Crippen molar-refractivity contribution in [3.63, 3.8) is 0 Å². The molecular formula is C9H11O3. The van der Waals surface area contributed by atoms with Gasteiger partial charge in [0.25, 0.3) is 0 Å². The van der Waals surface area contributed by atoms with E-state index in [0.717, 1.165) is 12.7 Å². The summed E-state index contributed by atoms with van der Waals surface area (Å²) in [5.74, 6) is 0. The van der Waals surface area contributed by atoms with Crippen LogP contribution in [0.1, 0.15) is 5.56 Å². The molecule has 0 saturated heterocycles. The summed E-state index contributed by atoms with van der Waals surface area (Å²) < 4.78 is 4.41. The van der Waals surface area contributed by atoms with E-state index in [4.69, 9.17) is 5.11 Å². The highest BCUT2D eigenvalue weighted by molar-refractivity contribution is 5.38. The Morgan fingerprint density at radius 2 is 1.92 bits per heavy atom. The Morgan fingerprint density at radius 1 is 1.33 bits per heavy atom. The molecule has 0 bridgehead atoms. The number of aliphatic hydroxyl groups excluding tert-OH is 1. The molecule has 1 aromatic rings. The van der Waals surface area contributed by atoms with Gasteiger partial charge in [0.2, 0.25) is 0 Å². The maximum atomic E-state index is 9.63. The van der Waals surface area contributed by atoms with Gasteiger partial charge in [-0.05, 0) is 5.56 Å². The van der Waals surface area contributed by atoms with Crippen molar-refractivity contribution in [2.75, 3.05) is 7.11 Å². The molecule has 0 atom stereocenters. The third-order valence-electron chi connectivity index (χ3n) is 1.14. The van der Waals surface area contributed by atoms with E-state index >= 15 is 0 Å². The first-order valence-electron chi connectivity index (χ1n) is 3.41. The quantitative estimate of drug-likeness (QED) is 0.726. The minimum absolute atomic E-state index is 0.310. The number of aliphatic hydroxyl groups is 1. The van der Waals surface area contributed by atoms with Crippen LogP contribution in [0.25, 0.3) is 0 Å². The first kappa shape index (κ1) is 10.7. The van der Waals surface area contributed by atoms with Crippen LogP contribution in [0.3, 0.4) is 0 Å². The van der Waals surface area contributed by atoms with E-state index in [1.54, 1.807) is 0 Å². The van der Waals surface area contributed by atoms with Crippen LogP contribution < -0.4 is 0 Å². The minimum atomic E-state index is 0.310. The van der Waals surface area contributed by atoms with Crippen molar-refractivity contribution in [1.29, 1.82) is 0 Å². The van der Waals surface area contributed by atoms with Crippen molar-refractivity contribution in [2.45, 2.75) is 6.61 Å². The molecular weight excluding hydrogens is 156 g/mol. The van der Waals surface area contributed by atoms with Crippen LogP contribution in [0.2, 0.25) is 0 Å². The summed E-state index contributed by atoms with van der Waals surface area (Å²) >= 11 is 0. The van der Waals surface area contributed by atoms with Crippen LogP contribution in [0.15, 0.2) is 30.3 Å². The zero-order valence-corrected chi connectivity index (χ0v) is 6.86. The fourth-order valence-electron chi connectivity index (χ4n) is 0.687. The number of ether oxygens (including phenoxy) is 1. The second-order valence-corrected chi connectivity index (χ2v) is 1.86. The Labute approximate surface area is 71.6 Å². The van der Waals surface area contributed by atoms with Crippen molar-refractivity contribution >= 4 is 6.47 Å². The van der Waals surface area contributed by atoms with E-state index in [1.165, 1.54) is 6.47 Å². The minimum Gasteiger partial charge on any atom is -0.452 e. The van der Waals surface area contributed by atoms with E-state index < -0.39 is 0 Å². The second-order valence-electron chi connectivity index (χ2n) is 1.86. The molecule has 0 aliphatic heterocycles. The third-order valence-corrected chi connectivity index (χ3v) is 1.14. The topological polar surface area (TPSA) is 46.5 Å². The smallest absolute Gasteiger partial charge is 0.417 e. The molecule has 0 amide bonds. The fraction of sp³-hybridized carbons (Fsp3) is 0.222. The summed E-state index contributed by atoms with van der Waals surface area (Å²) in [5, 5.41) is 7.00. The largest absolute Gasteiger partial charge is 0.452 e. The summed E-state index contributed by atoms with van der Waals surface area (Å²) in [6.45, 7) is 1.68. The van der Waals surface area contributed by atoms with Gasteiger partial charge in [0, 0.05) is 7.11 Å². The fourth-order valence-corrected chi connectivity index (χ4v) is 0.687. The Kier molecular flexibility index (Phi) is 6.88. The summed E-state index contributed by atoms with van der Waals surface area (Å²) in [6.07, 6.45) is 0. The lowest BCUT2D eigenvalue weighted by Crippen LogP contribution is -1.87. The first-order chi connectivity index (χ1) is 5.93. The van der Waals surface area contributed by atoms with Crippen LogP contribution in [0.5, 0.6) is 0 Å². The predicted octanol–water partition coefficient (Wildman–Crippen LogP) is 0.879. The molecule has 0 aromatic heterocycles. The van der Waals surface area contributed by atoms with E-state index in [0.29, 0.717) is 6.61 Å². The summed E-state index contributed by atoms with van der Waals surface area (Å²) in [5.41, 5.74) is 0.978. The van der Waals surface area contributed by atoms with Gasteiger partial charge in [0.05, 0.1) is 0 Å². The van der Waals surface area contributed by atoms with Crippen molar-refractivity contribution in [3.8, 4) is 0 Å². The highest BCUT2D eigenvalue weighted by atomic mass is 16.5. The van der Waals surface area contributed by atoms with Crippen molar-refractivity contribution in [3.05, 3.63) is 35.9 Å². The van der Waals surface area contributed by atoms with Crippen LogP contribution in [-0.2, 0) is 16.1 Å². The van der Waals surface area contributed by atoms with Gasteiger partial charge in [-0.1, -0.05) is 30.3 Å². The van der Waals surface area contributed by atoms with Gasteiger partial charge in [-0.2, -0.15) is 0 Å². The first-order valence-corrected chi connectivity index (χ1v) is 3.41. The Hall–Kier alpha value is -1.35. The molecule has 3 nitrogen and oxygen atoms in total. The zero-order chi connectivity index (χ0) is 9.23. The Bertz CT molecular complexity index is 196. The highest BCUT2D eigenvalue weighted by Crippen LogP contribution is 1.98. The maximum Gasteiger partial charge on any atom is 0.417 e. The molecule has 0 heterocycles. The molecule has 1 radical (unpaired) electrons. The van der Waals surface area contributed by atoms with Gasteiger partial charge in [-0.3, -0.25) is 0 Å². The van der Waals surface area contributed by atoms with Crippen molar-refractivity contribution in [1.82, 2.24) is 0 Å². The molecule has 1 aromatic carbocycles. The molecule has 1 N–H and O–H groups in total. The van der Waals surface area contributed by atoms with Crippen LogP contribution >= 0.6 is 0 Å². The van der Waals surface area contributed by atoms with Crippen LogP contribution in [0.4, 0.5) is 0 Å². The van der Waals surface area contributed by atoms with Gasteiger partial charge in [0.15, 0.2) is 0 Å². The second kappa shape index (κ2) is 7.75. The molecule has 0 aliphatic carbocycles. The number of carbonyl (C=O) groups excluding carboxylic acids is 1. The lowest BCUT2D eigenvalue weighted by atomic mass is 10.2. The van der Waals surface area contributed by atoms with E-state index in [2.05, 4.69) is 4.74 Å². The summed E-state index contributed by atoms with van der Waals surface area (Å²) in [4.78, 5) is 9.63. The normalized spacial score (nSPS) is 7.83. The van der Waals surface area contributed by atoms with Gasteiger partial charge in [-0.15, -0.1) is 0 Å². The number of hydrogen-bond acceptors (Lipinski definition) is 3. The van der Waals surface area contributed by atoms with Gasteiger partial charge >= 0.3 is 6.47 Å². The molecule has 12 heavy (non-hydrogen) atoms. The van der Waals surface area contributed by atoms with E-state index in [-0.39, 0.29) is 0 Å². The SMILES string of the molecule is CO.O=[C]OCc1ccccc1. The third kappa shape index (κ3) is 4.46. The summed E-state index contributed by atoms with van der Waals surface area (Å²) in [7, 11) is 1.00. The Morgan fingerprint density at radius 3 is 2.42 bits per heavy atom. The predicted molar refractivity (Wildman–Crippen MR) is 45.1 cm³/mol. The number of hydrogen-bond donors (Lipinski definition) is 1.